The molecule has 3 aromatic carbocycles. The fourth-order valence-corrected chi connectivity index (χ4v) is 3.42. The summed E-state index contributed by atoms with van der Waals surface area (Å²) in [6.07, 6.45) is 0. The molecule has 146 valence electrons. The lowest BCUT2D eigenvalue weighted by atomic mass is 10.0. The molecular weight excluding hydrogens is 380 g/mol. The minimum atomic E-state index is -0.501. The van der Waals surface area contributed by atoms with E-state index in [-0.39, 0.29) is 11.3 Å². The van der Waals surface area contributed by atoms with Crippen molar-refractivity contribution in [2.75, 3.05) is 0 Å². The van der Waals surface area contributed by atoms with E-state index in [1.807, 2.05) is 48.5 Å². The smallest absolute Gasteiger partial charge is 0.273 e. The van der Waals surface area contributed by atoms with E-state index in [9.17, 15) is 20.2 Å². The number of nitrogens with two attached hydrogens (primary N) is 1. The van der Waals surface area contributed by atoms with E-state index in [4.69, 9.17) is 5.73 Å². The van der Waals surface area contributed by atoms with Gasteiger partial charge in [-0.25, -0.2) is 0 Å². The van der Waals surface area contributed by atoms with Crippen LogP contribution in [0.25, 0.3) is 27.7 Å². The fraction of sp³-hybridized carbons (Fsp3) is 0.0435. The van der Waals surface area contributed by atoms with Crippen LogP contribution in [0.15, 0.2) is 77.6 Å². The van der Waals surface area contributed by atoms with Gasteiger partial charge < -0.3 is 5.73 Å². The van der Waals surface area contributed by atoms with Crippen molar-refractivity contribution in [1.82, 2.24) is 4.57 Å². The highest BCUT2D eigenvalue weighted by Crippen LogP contribution is 2.27. The molecule has 2 N–H and O–H groups in total. The van der Waals surface area contributed by atoms with Gasteiger partial charge in [-0.3, -0.25) is 19.5 Å². The Morgan fingerprint density at radius 2 is 1.73 bits per heavy atom. The molecule has 4 aromatic rings. The van der Waals surface area contributed by atoms with Crippen LogP contribution in [0.5, 0.6) is 0 Å². The molecule has 0 saturated carbocycles. The Balaban J connectivity index is 1.99. The second-order valence-corrected chi connectivity index (χ2v) is 6.76. The first-order chi connectivity index (χ1) is 14.5. The number of fused-ring (bicyclic) bond motifs is 1. The van der Waals surface area contributed by atoms with Gasteiger partial charge in [0.2, 0.25) is 0 Å². The van der Waals surface area contributed by atoms with Crippen LogP contribution in [0, 0.1) is 21.4 Å². The van der Waals surface area contributed by atoms with Gasteiger partial charge in [-0.05, 0) is 47.0 Å². The molecule has 1 heterocycles. The van der Waals surface area contributed by atoms with Crippen molar-refractivity contribution in [3.8, 4) is 22.9 Å². The minimum absolute atomic E-state index is 0.00117. The van der Waals surface area contributed by atoms with Gasteiger partial charge in [0.15, 0.2) is 0 Å². The van der Waals surface area contributed by atoms with Crippen molar-refractivity contribution >= 4 is 16.6 Å². The van der Waals surface area contributed by atoms with Crippen LogP contribution in [-0.4, -0.2) is 9.49 Å². The Morgan fingerprint density at radius 3 is 2.40 bits per heavy atom. The number of pyridine rings is 1. The zero-order valence-corrected chi connectivity index (χ0v) is 15.8. The van der Waals surface area contributed by atoms with E-state index < -0.39 is 10.5 Å². The van der Waals surface area contributed by atoms with E-state index in [0.29, 0.717) is 23.1 Å². The van der Waals surface area contributed by atoms with Crippen LogP contribution in [0.2, 0.25) is 0 Å². The highest BCUT2D eigenvalue weighted by molar-refractivity contribution is 5.87. The molecule has 30 heavy (non-hydrogen) atoms. The summed E-state index contributed by atoms with van der Waals surface area (Å²) in [5, 5.41) is 21.1. The lowest BCUT2D eigenvalue weighted by molar-refractivity contribution is -0.384. The molecule has 0 atom stereocenters. The predicted octanol–water partition coefficient (Wildman–Crippen LogP) is 3.90. The standard InChI is InChI=1S/C23H16N4O3/c24-13-15-2-1-3-16(10-15)17-4-5-18-11-19(14-25)23(28)26(22(18)12-17)20-6-8-21(9-7-20)27(29)30/h1-12H,13,24H2. The molecule has 0 spiro atoms. The molecule has 0 saturated heterocycles. The molecule has 0 amide bonds. The molecule has 7 nitrogen and oxygen atoms in total. The third-order valence-electron chi connectivity index (χ3n) is 4.94. The molecule has 0 fully saturated rings. The molecule has 4 rings (SSSR count). The molecular formula is C23H16N4O3. The zero-order valence-electron chi connectivity index (χ0n) is 15.8. The number of aromatic nitrogens is 1. The number of nitro benzene ring substituents is 1. The maximum absolute atomic E-state index is 13.0. The van der Waals surface area contributed by atoms with Crippen LogP contribution in [0.1, 0.15) is 11.1 Å². The van der Waals surface area contributed by atoms with Crippen LogP contribution in [0.4, 0.5) is 5.69 Å². The molecule has 1 aromatic heterocycles. The first-order valence-corrected chi connectivity index (χ1v) is 9.16. The molecule has 0 aliphatic carbocycles. The van der Waals surface area contributed by atoms with Crippen molar-refractivity contribution in [1.29, 1.82) is 5.26 Å². The predicted molar refractivity (Wildman–Crippen MR) is 114 cm³/mol. The number of nitro groups is 1. The quantitative estimate of drug-likeness (QED) is 0.415. The fourth-order valence-electron chi connectivity index (χ4n) is 3.42. The van der Waals surface area contributed by atoms with Crippen molar-refractivity contribution in [3.05, 3.63) is 104 Å². The number of hydrogen-bond acceptors (Lipinski definition) is 5. The summed E-state index contributed by atoms with van der Waals surface area (Å²) in [5.41, 5.74) is 9.06. The Morgan fingerprint density at radius 1 is 1.00 bits per heavy atom. The Labute approximate surface area is 171 Å². The number of benzene rings is 3. The van der Waals surface area contributed by atoms with Gasteiger partial charge in [-0.1, -0.05) is 30.3 Å². The largest absolute Gasteiger partial charge is 0.326 e. The number of rotatable bonds is 4. The maximum Gasteiger partial charge on any atom is 0.273 e. The average Bonchev–Trinajstić information content (AvgIpc) is 2.78. The van der Waals surface area contributed by atoms with Crippen LogP contribution < -0.4 is 11.3 Å². The van der Waals surface area contributed by atoms with Crippen molar-refractivity contribution in [2.45, 2.75) is 6.54 Å². The summed E-state index contributed by atoms with van der Waals surface area (Å²) in [5.74, 6) is 0. The topological polar surface area (TPSA) is 115 Å². The summed E-state index contributed by atoms with van der Waals surface area (Å²) >= 11 is 0. The molecule has 0 bridgehead atoms. The first kappa shape index (κ1) is 19.1. The molecule has 0 radical (unpaired) electrons. The van der Waals surface area contributed by atoms with Gasteiger partial charge in [-0.15, -0.1) is 0 Å². The molecule has 7 heteroatoms. The van der Waals surface area contributed by atoms with Gasteiger partial charge in [0.25, 0.3) is 11.2 Å². The van der Waals surface area contributed by atoms with Crippen molar-refractivity contribution in [3.63, 3.8) is 0 Å². The summed E-state index contributed by atoms with van der Waals surface area (Å²) in [6, 6.07) is 22.6. The summed E-state index contributed by atoms with van der Waals surface area (Å²) in [6.45, 7) is 0.417. The third-order valence-corrected chi connectivity index (χ3v) is 4.94. The van der Waals surface area contributed by atoms with Crippen LogP contribution >= 0.6 is 0 Å². The van der Waals surface area contributed by atoms with Crippen LogP contribution in [0.3, 0.4) is 0 Å². The van der Waals surface area contributed by atoms with Gasteiger partial charge >= 0.3 is 0 Å². The zero-order chi connectivity index (χ0) is 21.3. The second-order valence-electron chi connectivity index (χ2n) is 6.76. The molecule has 0 aliphatic rings. The maximum atomic E-state index is 13.0. The average molecular weight is 396 g/mol. The normalized spacial score (nSPS) is 10.7. The van der Waals surface area contributed by atoms with Crippen molar-refractivity contribution < 1.29 is 4.92 Å². The lowest BCUT2D eigenvalue weighted by Gasteiger charge is -2.13. The number of nitriles is 1. The Bertz CT molecular complexity index is 1380. The summed E-state index contributed by atoms with van der Waals surface area (Å²) in [7, 11) is 0. The number of hydrogen-bond donors (Lipinski definition) is 1. The van der Waals surface area contributed by atoms with Crippen LogP contribution in [-0.2, 0) is 6.54 Å². The SMILES string of the molecule is N#Cc1cc2ccc(-c3cccc(CN)c3)cc2n(-c2ccc([N+](=O)[O-])cc2)c1=O. The van der Waals surface area contributed by atoms with E-state index in [1.165, 1.54) is 28.8 Å². The first-order valence-electron chi connectivity index (χ1n) is 9.16. The summed E-state index contributed by atoms with van der Waals surface area (Å²) < 4.78 is 1.41. The monoisotopic (exact) mass is 396 g/mol. The van der Waals surface area contributed by atoms with Gasteiger partial charge in [0.05, 0.1) is 10.4 Å². The Hall–Kier alpha value is -4.28. The van der Waals surface area contributed by atoms with E-state index >= 15 is 0 Å². The van der Waals surface area contributed by atoms with E-state index in [0.717, 1.165) is 16.7 Å². The molecule has 0 aliphatic heterocycles. The van der Waals surface area contributed by atoms with Gasteiger partial charge in [0.1, 0.15) is 11.6 Å². The molecule has 0 unspecified atom stereocenters. The lowest BCUT2D eigenvalue weighted by Crippen LogP contribution is -2.21. The highest BCUT2D eigenvalue weighted by Gasteiger charge is 2.13. The van der Waals surface area contributed by atoms with E-state index in [2.05, 4.69) is 0 Å². The summed E-state index contributed by atoms with van der Waals surface area (Å²) in [4.78, 5) is 23.4. The second kappa shape index (κ2) is 7.62. The van der Waals surface area contributed by atoms with Crippen molar-refractivity contribution in [2.24, 2.45) is 5.73 Å². The van der Waals surface area contributed by atoms with Gasteiger partial charge in [-0.2, -0.15) is 5.26 Å². The number of non-ortho nitro benzene ring substituents is 1. The minimum Gasteiger partial charge on any atom is -0.326 e. The third kappa shape index (κ3) is 3.32. The van der Waals surface area contributed by atoms with Gasteiger partial charge in [0, 0.05) is 29.8 Å². The highest BCUT2D eigenvalue weighted by atomic mass is 16.6. The van der Waals surface area contributed by atoms with E-state index in [1.54, 1.807) is 6.07 Å². The Kier molecular flexibility index (Phi) is 4.84. The number of nitrogens with zero attached hydrogens (tertiary/aromatic N) is 3.